The molecule has 0 saturated carbocycles. The van der Waals surface area contributed by atoms with E-state index >= 15 is 0 Å². The maximum Gasteiger partial charge on any atom is 0.312 e. The highest BCUT2D eigenvalue weighted by Gasteiger charge is 2.32. The van der Waals surface area contributed by atoms with E-state index in [1.807, 2.05) is 41.3 Å². The first-order valence-corrected chi connectivity index (χ1v) is 8.99. The van der Waals surface area contributed by atoms with Gasteiger partial charge in [-0.25, -0.2) is 9.78 Å². The molecule has 2 heterocycles. The third-order valence-corrected chi connectivity index (χ3v) is 4.90. The number of nitrogens with zero attached hydrogens (tertiary/aromatic N) is 2. The van der Waals surface area contributed by atoms with Crippen molar-refractivity contribution in [3.05, 3.63) is 65.5 Å². The SMILES string of the molecule is NC(=O)NCc1ccc(C(=O)N2CCC[C@H]2c2nc3ccccc3[nH]2)cc1. The summed E-state index contributed by atoms with van der Waals surface area (Å²) in [6.45, 7) is 1.06. The summed E-state index contributed by atoms with van der Waals surface area (Å²) in [4.78, 5) is 33.7. The molecule has 7 nitrogen and oxygen atoms in total. The largest absolute Gasteiger partial charge is 0.352 e. The van der Waals surface area contributed by atoms with Crippen LogP contribution in [0.15, 0.2) is 48.5 Å². The van der Waals surface area contributed by atoms with Crippen LogP contribution in [0.4, 0.5) is 4.79 Å². The van der Waals surface area contributed by atoms with E-state index in [4.69, 9.17) is 5.73 Å². The molecule has 1 atom stereocenters. The highest BCUT2D eigenvalue weighted by molar-refractivity contribution is 5.94. The number of aromatic nitrogens is 2. The summed E-state index contributed by atoms with van der Waals surface area (Å²) < 4.78 is 0. The number of hydrogen-bond acceptors (Lipinski definition) is 3. The lowest BCUT2D eigenvalue weighted by Gasteiger charge is -2.23. The Hall–Kier alpha value is -3.35. The summed E-state index contributed by atoms with van der Waals surface area (Å²) in [6, 6.07) is 14.5. The van der Waals surface area contributed by atoms with Gasteiger partial charge in [-0.1, -0.05) is 24.3 Å². The quantitative estimate of drug-likeness (QED) is 0.664. The first-order chi connectivity index (χ1) is 13.1. The fourth-order valence-electron chi connectivity index (χ4n) is 3.54. The minimum Gasteiger partial charge on any atom is -0.352 e. The number of primary amides is 1. The van der Waals surface area contributed by atoms with Crippen LogP contribution in [-0.2, 0) is 6.54 Å². The fraction of sp³-hybridized carbons (Fsp3) is 0.250. The van der Waals surface area contributed by atoms with Crippen LogP contribution in [0.2, 0.25) is 0 Å². The lowest BCUT2D eigenvalue weighted by molar-refractivity contribution is 0.0730. The summed E-state index contributed by atoms with van der Waals surface area (Å²) in [5.74, 6) is 0.830. The minimum atomic E-state index is -0.569. The van der Waals surface area contributed by atoms with Gasteiger partial charge in [-0.15, -0.1) is 0 Å². The number of rotatable bonds is 4. The third kappa shape index (κ3) is 3.48. The highest BCUT2D eigenvalue weighted by atomic mass is 16.2. The Morgan fingerprint density at radius 2 is 1.96 bits per heavy atom. The van der Waals surface area contributed by atoms with Crippen LogP contribution in [0.25, 0.3) is 11.0 Å². The molecule has 3 aromatic rings. The molecular weight excluding hydrogens is 342 g/mol. The minimum absolute atomic E-state index is 0.00707. The first-order valence-electron chi connectivity index (χ1n) is 8.99. The number of nitrogens with two attached hydrogens (primary N) is 1. The second-order valence-electron chi connectivity index (χ2n) is 6.71. The molecule has 0 spiro atoms. The fourth-order valence-corrected chi connectivity index (χ4v) is 3.54. The molecule has 2 aromatic carbocycles. The van der Waals surface area contributed by atoms with Crippen molar-refractivity contribution >= 4 is 23.0 Å². The summed E-state index contributed by atoms with van der Waals surface area (Å²) in [5.41, 5.74) is 8.49. The number of H-pyrrole nitrogens is 1. The van der Waals surface area contributed by atoms with Crippen molar-refractivity contribution in [2.75, 3.05) is 6.54 Å². The first kappa shape index (κ1) is 17.1. The molecule has 1 aromatic heterocycles. The van der Waals surface area contributed by atoms with Crippen molar-refractivity contribution in [1.82, 2.24) is 20.2 Å². The number of para-hydroxylation sites is 2. The summed E-state index contributed by atoms with van der Waals surface area (Å²) in [5, 5.41) is 2.54. The number of benzene rings is 2. The van der Waals surface area contributed by atoms with E-state index in [-0.39, 0.29) is 11.9 Å². The normalized spacial score (nSPS) is 16.6. The maximum absolute atomic E-state index is 13.0. The van der Waals surface area contributed by atoms with Gasteiger partial charge in [0.15, 0.2) is 0 Å². The van der Waals surface area contributed by atoms with Crippen molar-refractivity contribution in [3.8, 4) is 0 Å². The van der Waals surface area contributed by atoms with E-state index in [9.17, 15) is 9.59 Å². The zero-order chi connectivity index (χ0) is 18.8. The van der Waals surface area contributed by atoms with Gasteiger partial charge < -0.3 is 20.9 Å². The van der Waals surface area contributed by atoms with E-state index in [1.54, 1.807) is 12.1 Å². The summed E-state index contributed by atoms with van der Waals surface area (Å²) in [7, 11) is 0. The van der Waals surface area contributed by atoms with Gasteiger partial charge in [0.25, 0.3) is 5.91 Å². The van der Waals surface area contributed by atoms with E-state index in [0.29, 0.717) is 18.7 Å². The third-order valence-electron chi connectivity index (χ3n) is 4.90. The van der Waals surface area contributed by atoms with Crippen molar-refractivity contribution in [2.45, 2.75) is 25.4 Å². The average molecular weight is 363 g/mol. The van der Waals surface area contributed by atoms with Gasteiger partial charge in [-0.2, -0.15) is 0 Å². The number of imidazole rings is 1. The van der Waals surface area contributed by atoms with Crippen LogP contribution in [0.1, 0.15) is 40.6 Å². The number of carbonyl (C=O) groups excluding carboxylic acids is 2. The van der Waals surface area contributed by atoms with Gasteiger partial charge in [0.2, 0.25) is 0 Å². The Bertz CT molecular complexity index is 946. The van der Waals surface area contributed by atoms with Crippen LogP contribution in [0, 0.1) is 0 Å². The number of urea groups is 1. The molecule has 27 heavy (non-hydrogen) atoms. The Kier molecular flexibility index (Phi) is 4.50. The molecule has 1 saturated heterocycles. The molecule has 4 rings (SSSR count). The molecular formula is C20H21N5O2. The number of likely N-dealkylation sites (tertiary alicyclic amines) is 1. The molecule has 1 aliphatic rings. The van der Waals surface area contributed by atoms with Gasteiger partial charge in [0, 0.05) is 18.7 Å². The molecule has 0 bridgehead atoms. The Balaban J connectivity index is 1.52. The van der Waals surface area contributed by atoms with Gasteiger partial charge in [-0.05, 0) is 42.7 Å². The van der Waals surface area contributed by atoms with Crippen LogP contribution in [0.3, 0.4) is 0 Å². The van der Waals surface area contributed by atoms with Gasteiger partial charge in [-0.3, -0.25) is 4.79 Å². The van der Waals surface area contributed by atoms with Gasteiger partial charge in [0.05, 0.1) is 17.1 Å². The second-order valence-corrected chi connectivity index (χ2v) is 6.71. The average Bonchev–Trinajstić information content (AvgIpc) is 3.32. The van der Waals surface area contributed by atoms with E-state index in [0.717, 1.165) is 35.3 Å². The Labute approximate surface area is 156 Å². The van der Waals surface area contributed by atoms with Crippen molar-refractivity contribution in [3.63, 3.8) is 0 Å². The molecule has 0 radical (unpaired) electrons. The number of hydrogen-bond donors (Lipinski definition) is 3. The van der Waals surface area contributed by atoms with Crippen LogP contribution in [-0.4, -0.2) is 33.4 Å². The van der Waals surface area contributed by atoms with Gasteiger partial charge in [0.1, 0.15) is 5.82 Å². The second kappa shape index (κ2) is 7.11. The monoisotopic (exact) mass is 363 g/mol. The number of nitrogens with one attached hydrogen (secondary N) is 2. The molecule has 7 heteroatoms. The highest BCUT2D eigenvalue weighted by Crippen LogP contribution is 2.32. The van der Waals surface area contributed by atoms with E-state index < -0.39 is 6.03 Å². The topological polar surface area (TPSA) is 104 Å². The number of carbonyl (C=O) groups is 2. The number of amides is 3. The predicted molar refractivity (Wildman–Crippen MR) is 102 cm³/mol. The zero-order valence-electron chi connectivity index (χ0n) is 14.8. The molecule has 1 fully saturated rings. The predicted octanol–water partition coefficient (Wildman–Crippen LogP) is 2.71. The molecule has 1 aliphatic heterocycles. The lowest BCUT2D eigenvalue weighted by Crippen LogP contribution is -2.31. The van der Waals surface area contributed by atoms with Crippen LogP contribution in [0.5, 0.6) is 0 Å². The van der Waals surface area contributed by atoms with Crippen LogP contribution < -0.4 is 11.1 Å². The number of aromatic amines is 1. The Morgan fingerprint density at radius 1 is 1.19 bits per heavy atom. The zero-order valence-corrected chi connectivity index (χ0v) is 14.8. The van der Waals surface area contributed by atoms with Gasteiger partial charge >= 0.3 is 6.03 Å². The smallest absolute Gasteiger partial charge is 0.312 e. The summed E-state index contributed by atoms with van der Waals surface area (Å²) >= 11 is 0. The van der Waals surface area contributed by atoms with Crippen molar-refractivity contribution < 1.29 is 9.59 Å². The van der Waals surface area contributed by atoms with E-state index in [2.05, 4.69) is 15.3 Å². The lowest BCUT2D eigenvalue weighted by atomic mass is 10.1. The molecule has 0 aliphatic carbocycles. The molecule has 4 N–H and O–H groups in total. The number of fused-ring (bicyclic) bond motifs is 1. The van der Waals surface area contributed by atoms with E-state index in [1.165, 1.54) is 0 Å². The summed E-state index contributed by atoms with van der Waals surface area (Å²) in [6.07, 6.45) is 1.85. The van der Waals surface area contributed by atoms with Crippen molar-refractivity contribution in [2.24, 2.45) is 5.73 Å². The standard InChI is InChI=1S/C20H21N5O2/c21-20(27)22-12-13-7-9-14(10-8-13)19(26)25-11-3-6-17(25)18-23-15-4-1-2-5-16(15)24-18/h1-2,4-5,7-10,17H,3,6,11-12H2,(H,23,24)(H3,21,22,27)/t17-/m0/s1. The maximum atomic E-state index is 13.0. The van der Waals surface area contributed by atoms with Crippen LogP contribution >= 0.6 is 0 Å². The molecule has 0 unspecified atom stereocenters. The Morgan fingerprint density at radius 3 is 2.70 bits per heavy atom. The van der Waals surface area contributed by atoms with Crippen molar-refractivity contribution in [1.29, 1.82) is 0 Å². The molecule has 138 valence electrons. The molecule has 3 amide bonds.